The molecule has 1 aromatic heterocycles. The van der Waals surface area contributed by atoms with Gasteiger partial charge in [0.2, 0.25) is 0 Å². The van der Waals surface area contributed by atoms with Crippen LogP contribution in [0.25, 0.3) is 21.7 Å². The maximum atomic E-state index is 11.6. The standard InChI is InChI=1S/C13H8O3/c14-10-4-9-5-11-8(2-1-3-12(11)15)6-13(9)16-7-10/h1-7,14H. The zero-order valence-electron chi connectivity index (χ0n) is 8.31. The summed E-state index contributed by atoms with van der Waals surface area (Å²) in [4.78, 5) is 11.6. The zero-order valence-corrected chi connectivity index (χ0v) is 8.31. The van der Waals surface area contributed by atoms with Gasteiger partial charge < -0.3 is 9.52 Å². The quantitative estimate of drug-likeness (QED) is 0.583. The van der Waals surface area contributed by atoms with Crippen molar-refractivity contribution in [1.29, 1.82) is 0 Å². The SMILES string of the molecule is O=c1cccc2cc3occ(O)cc3cc12. The first kappa shape index (κ1) is 8.97. The minimum atomic E-state index is -0.0252. The molecule has 0 atom stereocenters. The third-order valence-corrected chi connectivity index (χ3v) is 2.58. The molecule has 78 valence electrons. The molecule has 2 aromatic carbocycles. The molecule has 0 saturated carbocycles. The van der Waals surface area contributed by atoms with Crippen LogP contribution in [0.1, 0.15) is 0 Å². The lowest BCUT2D eigenvalue weighted by molar-refractivity contribution is 0.447. The highest BCUT2D eigenvalue weighted by Crippen LogP contribution is 2.23. The second kappa shape index (κ2) is 3.10. The molecule has 0 aliphatic heterocycles. The molecule has 0 saturated heterocycles. The lowest BCUT2D eigenvalue weighted by Gasteiger charge is -2.01. The van der Waals surface area contributed by atoms with Gasteiger partial charge in [-0.05, 0) is 29.7 Å². The third-order valence-electron chi connectivity index (χ3n) is 2.58. The number of hydrogen-bond acceptors (Lipinski definition) is 3. The summed E-state index contributed by atoms with van der Waals surface area (Å²) in [5, 5.41) is 11.5. The van der Waals surface area contributed by atoms with Crippen molar-refractivity contribution in [3.05, 3.63) is 52.9 Å². The summed E-state index contributed by atoms with van der Waals surface area (Å²) >= 11 is 0. The Labute approximate surface area is 90.6 Å². The van der Waals surface area contributed by atoms with E-state index in [0.717, 1.165) is 10.8 Å². The van der Waals surface area contributed by atoms with E-state index < -0.39 is 0 Å². The fraction of sp³-hybridized carbons (Fsp3) is 0. The molecule has 0 aliphatic carbocycles. The summed E-state index contributed by atoms with van der Waals surface area (Å²) in [5.74, 6) is 0.0511. The molecule has 0 bridgehead atoms. The van der Waals surface area contributed by atoms with Gasteiger partial charge in [0, 0.05) is 10.8 Å². The van der Waals surface area contributed by atoms with Crippen LogP contribution in [0.15, 0.2) is 51.9 Å². The van der Waals surface area contributed by atoms with E-state index in [-0.39, 0.29) is 11.2 Å². The van der Waals surface area contributed by atoms with Crippen LogP contribution in [0.2, 0.25) is 0 Å². The molecule has 3 rings (SSSR count). The first-order chi connectivity index (χ1) is 7.74. The summed E-state index contributed by atoms with van der Waals surface area (Å²) in [6, 6.07) is 10.2. The maximum Gasteiger partial charge on any atom is 0.186 e. The Bertz CT molecular complexity index is 741. The van der Waals surface area contributed by atoms with Crippen molar-refractivity contribution in [2.75, 3.05) is 0 Å². The molecule has 1 heterocycles. The average Bonchev–Trinajstić information content (AvgIpc) is 2.28. The van der Waals surface area contributed by atoms with E-state index in [1.165, 1.54) is 12.3 Å². The van der Waals surface area contributed by atoms with Crippen molar-refractivity contribution >= 4 is 21.7 Å². The largest absolute Gasteiger partial charge is 0.505 e. The highest BCUT2D eigenvalue weighted by molar-refractivity contribution is 5.95. The number of aromatic hydroxyl groups is 1. The lowest BCUT2D eigenvalue weighted by Crippen LogP contribution is -1.97. The second-order valence-corrected chi connectivity index (χ2v) is 3.67. The smallest absolute Gasteiger partial charge is 0.186 e. The van der Waals surface area contributed by atoms with Crippen LogP contribution in [-0.4, -0.2) is 5.11 Å². The number of benzene rings is 2. The van der Waals surface area contributed by atoms with E-state index in [0.29, 0.717) is 11.0 Å². The highest BCUT2D eigenvalue weighted by Gasteiger charge is 2.03. The highest BCUT2D eigenvalue weighted by atomic mass is 16.3. The second-order valence-electron chi connectivity index (χ2n) is 3.67. The van der Waals surface area contributed by atoms with E-state index in [9.17, 15) is 9.90 Å². The van der Waals surface area contributed by atoms with Crippen LogP contribution < -0.4 is 5.43 Å². The monoisotopic (exact) mass is 212 g/mol. The first-order valence-corrected chi connectivity index (χ1v) is 4.88. The molecule has 0 amide bonds. The van der Waals surface area contributed by atoms with Crippen LogP contribution in [0, 0.1) is 0 Å². The zero-order chi connectivity index (χ0) is 11.1. The van der Waals surface area contributed by atoms with Gasteiger partial charge in [-0.2, -0.15) is 0 Å². The van der Waals surface area contributed by atoms with Crippen LogP contribution in [-0.2, 0) is 0 Å². The third kappa shape index (κ3) is 1.26. The fourth-order valence-electron chi connectivity index (χ4n) is 1.82. The maximum absolute atomic E-state index is 11.6. The molecule has 0 unspecified atom stereocenters. The molecular formula is C13H8O3. The van der Waals surface area contributed by atoms with E-state index in [1.54, 1.807) is 24.3 Å². The molecule has 3 aromatic rings. The van der Waals surface area contributed by atoms with E-state index in [4.69, 9.17) is 4.42 Å². The Kier molecular flexibility index (Phi) is 1.74. The van der Waals surface area contributed by atoms with E-state index in [2.05, 4.69) is 0 Å². The molecular weight excluding hydrogens is 204 g/mol. The summed E-state index contributed by atoms with van der Waals surface area (Å²) in [6.45, 7) is 0. The van der Waals surface area contributed by atoms with Gasteiger partial charge in [-0.1, -0.05) is 12.1 Å². The van der Waals surface area contributed by atoms with Gasteiger partial charge in [-0.25, -0.2) is 0 Å². The molecule has 0 spiro atoms. The topological polar surface area (TPSA) is 50.4 Å². The molecule has 3 heteroatoms. The number of fused-ring (bicyclic) bond motifs is 2. The van der Waals surface area contributed by atoms with Crippen molar-refractivity contribution < 1.29 is 9.52 Å². The van der Waals surface area contributed by atoms with Crippen molar-refractivity contribution in [3.63, 3.8) is 0 Å². The van der Waals surface area contributed by atoms with Gasteiger partial charge in [-0.3, -0.25) is 4.79 Å². The Morgan fingerprint density at radius 1 is 1.06 bits per heavy atom. The Morgan fingerprint density at radius 2 is 1.94 bits per heavy atom. The van der Waals surface area contributed by atoms with E-state index in [1.807, 2.05) is 6.07 Å². The van der Waals surface area contributed by atoms with Crippen LogP contribution in [0.3, 0.4) is 0 Å². The number of rotatable bonds is 0. The van der Waals surface area contributed by atoms with Crippen molar-refractivity contribution in [3.8, 4) is 5.75 Å². The normalized spacial score (nSPS) is 11.0. The average molecular weight is 212 g/mol. The predicted octanol–water partition coefficient (Wildman–Crippen LogP) is 2.65. The van der Waals surface area contributed by atoms with Crippen LogP contribution in [0.4, 0.5) is 0 Å². The van der Waals surface area contributed by atoms with Gasteiger partial charge in [0.15, 0.2) is 11.2 Å². The first-order valence-electron chi connectivity index (χ1n) is 4.88. The summed E-state index contributed by atoms with van der Waals surface area (Å²) in [6.07, 6.45) is 1.27. The number of hydrogen-bond donors (Lipinski definition) is 1. The molecule has 0 aliphatic rings. The predicted molar refractivity (Wildman–Crippen MR) is 61.7 cm³/mol. The van der Waals surface area contributed by atoms with Crippen LogP contribution in [0.5, 0.6) is 5.75 Å². The van der Waals surface area contributed by atoms with Crippen LogP contribution >= 0.6 is 0 Å². The van der Waals surface area contributed by atoms with Crippen molar-refractivity contribution in [2.45, 2.75) is 0 Å². The van der Waals surface area contributed by atoms with Gasteiger partial charge in [-0.15, -0.1) is 0 Å². The summed E-state index contributed by atoms with van der Waals surface area (Å²) in [5.41, 5.74) is 0.624. The van der Waals surface area contributed by atoms with Crippen molar-refractivity contribution in [1.82, 2.24) is 0 Å². The molecule has 0 radical (unpaired) electrons. The Balaban J connectivity index is 2.54. The lowest BCUT2D eigenvalue weighted by atomic mass is 10.1. The van der Waals surface area contributed by atoms with Gasteiger partial charge in [0.05, 0.1) is 0 Å². The minimum absolute atomic E-state index is 0.0252. The molecule has 16 heavy (non-hydrogen) atoms. The van der Waals surface area contributed by atoms with Gasteiger partial charge in [0.25, 0.3) is 0 Å². The minimum Gasteiger partial charge on any atom is -0.505 e. The molecule has 1 N–H and O–H groups in total. The van der Waals surface area contributed by atoms with Gasteiger partial charge in [0.1, 0.15) is 11.8 Å². The molecule has 3 nitrogen and oxygen atoms in total. The van der Waals surface area contributed by atoms with E-state index >= 15 is 0 Å². The summed E-state index contributed by atoms with van der Waals surface area (Å²) < 4.78 is 5.24. The Morgan fingerprint density at radius 3 is 2.81 bits per heavy atom. The van der Waals surface area contributed by atoms with Gasteiger partial charge >= 0.3 is 0 Å². The van der Waals surface area contributed by atoms with Crippen molar-refractivity contribution in [2.24, 2.45) is 0 Å². The Hall–Kier alpha value is -2.29. The molecule has 0 fully saturated rings. The summed E-state index contributed by atoms with van der Waals surface area (Å²) in [7, 11) is 0. The fourth-order valence-corrected chi connectivity index (χ4v) is 1.82.